The lowest BCUT2D eigenvalue weighted by molar-refractivity contribution is 0.300. The Morgan fingerprint density at radius 2 is 2.18 bits per heavy atom. The molecule has 17 heavy (non-hydrogen) atoms. The largest absolute Gasteiger partial charge is 0.340 e. The highest BCUT2D eigenvalue weighted by Gasteiger charge is 2.24. The molecule has 1 atom stereocenters. The van der Waals surface area contributed by atoms with Gasteiger partial charge < -0.3 is 9.80 Å². The fourth-order valence-corrected chi connectivity index (χ4v) is 2.41. The van der Waals surface area contributed by atoms with Gasteiger partial charge in [0.1, 0.15) is 0 Å². The smallest absolute Gasteiger partial charge is 0.225 e. The van der Waals surface area contributed by atoms with Crippen molar-refractivity contribution in [2.45, 2.75) is 13.3 Å². The molecule has 0 aromatic carbocycles. The molecule has 4 nitrogen and oxygen atoms in total. The lowest BCUT2D eigenvalue weighted by atomic mass is 10.1. The van der Waals surface area contributed by atoms with Crippen molar-refractivity contribution in [3.05, 3.63) is 16.9 Å². The molecule has 0 radical (unpaired) electrons. The van der Waals surface area contributed by atoms with E-state index < -0.39 is 0 Å². The molecule has 1 aliphatic rings. The van der Waals surface area contributed by atoms with Crippen LogP contribution >= 0.6 is 15.9 Å². The van der Waals surface area contributed by atoms with E-state index in [1.54, 1.807) is 0 Å². The standard InChI is InChI=1S/C12H19BrN4/c1-3-16(2)8-10-4-5-17(9-10)12-14-6-11(13)7-15-12/h6-7,10H,3-5,8-9H2,1-2H3/t10-/m0/s1. The van der Waals surface area contributed by atoms with Crippen molar-refractivity contribution in [1.82, 2.24) is 14.9 Å². The number of aromatic nitrogens is 2. The van der Waals surface area contributed by atoms with Crippen LogP contribution in [0.25, 0.3) is 0 Å². The summed E-state index contributed by atoms with van der Waals surface area (Å²) in [7, 11) is 2.18. The normalized spacial score (nSPS) is 20.2. The summed E-state index contributed by atoms with van der Waals surface area (Å²) >= 11 is 3.36. The maximum atomic E-state index is 4.35. The van der Waals surface area contributed by atoms with Gasteiger partial charge in [0.2, 0.25) is 5.95 Å². The van der Waals surface area contributed by atoms with Gasteiger partial charge in [0.05, 0.1) is 4.47 Å². The zero-order chi connectivity index (χ0) is 12.3. The fraction of sp³-hybridized carbons (Fsp3) is 0.667. The molecule has 5 heteroatoms. The number of hydrogen-bond acceptors (Lipinski definition) is 4. The second-order valence-corrected chi connectivity index (χ2v) is 5.57. The zero-order valence-electron chi connectivity index (χ0n) is 10.4. The summed E-state index contributed by atoms with van der Waals surface area (Å²) < 4.78 is 0.933. The van der Waals surface area contributed by atoms with Crippen molar-refractivity contribution in [2.24, 2.45) is 5.92 Å². The second-order valence-electron chi connectivity index (χ2n) is 4.66. The molecule has 94 valence electrons. The highest BCUT2D eigenvalue weighted by atomic mass is 79.9. The van der Waals surface area contributed by atoms with Gasteiger partial charge in [-0.05, 0) is 41.9 Å². The Morgan fingerprint density at radius 3 is 2.82 bits per heavy atom. The predicted molar refractivity (Wildman–Crippen MR) is 73.2 cm³/mol. The van der Waals surface area contributed by atoms with E-state index in [9.17, 15) is 0 Å². The van der Waals surface area contributed by atoms with Gasteiger partial charge >= 0.3 is 0 Å². The topological polar surface area (TPSA) is 32.3 Å². The fourth-order valence-electron chi connectivity index (χ4n) is 2.20. The highest BCUT2D eigenvalue weighted by molar-refractivity contribution is 9.10. The minimum absolute atomic E-state index is 0.743. The molecule has 0 amide bonds. The van der Waals surface area contributed by atoms with Gasteiger partial charge in [0.25, 0.3) is 0 Å². The van der Waals surface area contributed by atoms with E-state index in [4.69, 9.17) is 0 Å². The molecular formula is C12H19BrN4. The SMILES string of the molecule is CCN(C)C[C@@H]1CCN(c2ncc(Br)cn2)C1. The van der Waals surface area contributed by atoms with Gasteiger partial charge in [0.15, 0.2) is 0 Å². The molecule has 1 fully saturated rings. The molecule has 1 aromatic rings. The maximum absolute atomic E-state index is 4.35. The summed E-state index contributed by atoms with van der Waals surface area (Å²) in [5.41, 5.74) is 0. The van der Waals surface area contributed by atoms with E-state index >= 15 is 0 Å². The first-order valence-electron chi connectivity index (χ1n) is 6.10. The van der Waals surface area contributed by atoms with Crippen molar-refractivity contribution in [3.8, 4) is 0 Å². The Bertz CT molecular complexity index is 354. The molecule has 0 bridgehead atoms. The molecule has 2 rings (SSSR count). The average molecular weight is 299 g/mol. The van der Waals surface area contributed by atoms with E-state index in [2.05, 4.69) is 49.7 Å². The van der Waals surface area contributed by atoms with Gasteiger partial charge in [-0.3, -0.25) is 0 Å². The quantitative estimate of drug-likeness (QED) is 0.851. The maximum Gasteiger partial charge on any atom is 0.225 e. The van der Waals surface area contributed by atoms with Crippen LogP contribution in [0.1, 0.15) is 13.3 Å². The van der Waals surface area contributed by atoms with Crippen molar-refractivity contribution in [3.63, 3.8) is 0 Å². The number of rotatable bonds is 4. The number of anilines is 1. The minimum atomic E-state index is 0.743. The number of nitrogens with zero attached hydrogens (tertiary/aromatic N) is 4. The van der Waals surface area contributed by atoms with Crippen LogP contribution in [0.2, 0.25) is 0 Å². The molecule has 1 aromatic heterocycles. The Balaban J connectivity index is 1.91. The van der Waals surface area contributed by atoms with E-state index in [0.29, 0.717) is 0 Å². The van der Waals surface area contributed by atoms with Gasteiger partial charge in [-0.2, -0.15) is 0 Å². The second kappa shape index (κ2) is 5.78. The van der Waals surface area contributed by atoms with Gasteiger partial charge in [-0.1, -0.05) is 6.92 Å². The van der Waals surface area contributed by atoms with Crippen LogP contribution in [0, 0.1) is 5.92 Å². The highest BCUT2D eigenvalue weighted by Crippen LogP contribution is 2.21. The summed E-state index contributed by atoms with van der Waals surface area (Å²) in [6, 6.07) is 0. The third kappa shape index (κ3) is 3.39. The first-order chi connectivity index (χ1) is 8.19. The van der Waals surface area contributed by atoms with Crippen LogP contribution in [0.15, 0.2) is 16.9 Å². The van der Waals surface area contributed by atoms with Crippen LogP contribution < -0.4 is 4.90 Å². The Morgan fingerprint density at radius 1 is 1.47 bits per heavy atom. The van der Waals surface area contributed by atoms with Gasteiger partial charge in [-0.25, -0.2) is 9.97 Å². The monoisotopic (exact) mass is 298 g/mol. The van der Waals surface area contributed by atoms with Crippen LogP contribution in [0.5, 0.6) is 0 Å². The molecule has 0 unspecified atom stereocenters. The molecule has 1 saturated heterocycles. The summed E-state index contributed by atoms with van der Waals surface area (Å²) in [5, 5.41) is 0. The third-order valence-electron chi connectivity index (χ3n) is 3.29. The van der Waals surface area contributed by atoms with Gasteiger partial charge in [-0.15, -0.1) is 0 Å². The van der Waals surface area contributed by atoms with Crippen LogP contribution in [0.3, 0.4) is 0 Å². The number of hydrogen-bond donors (Lipinski definition) is 0. The summed E-state index contributed by atoms with van der Waals surface area (Å²) in [6.07, 6.45) is 4.87. The van der Waals surface area contributed by atoms with E-state index in [1.165, 1.54) is 13.0 Å². The molecule has 0 aliphatic carbocycles. The molecule has 2 heterocycles. The van der Waals surface area contributed by atoms with Crippen molar-refractivity contribution >= 4 is 21.9 Å². The minimum Gasteiger partial charge on any atom is -0.340 e. The van der Waals surface area contributed by atoms with E-state index in [1.807, 2.05) is 12.4 Å². The molecule has 1 aliphatic heterocycles. The molecule has 0 saturated carbocycles. The Labute approximate surface area is 111 Å². The van der Waals surface area contributed by atoms with Crippen molar-refractivity contribution in [1.29, 1.82) is 0 Å². The zero-order valence-corrected chi connectivity index (χ0v) is 12.0. The van der Waals surface area contributed by atoms with Crippen molar-refractivity contribution < 1.29 is 0 Å². The Hall–Kier alpha value is -0.680. The van der Waals surface area contributed by atoms with Crippen molar-refractivity contribution in [2.75, 3.05) is 38.1 Å². The summed E-state index contributed by atoms with van der Waals surface area (Å²) in [5.74, 6) is 1.60. The molecular weight excluding hydrogens is 280 g/mol. The first kappa shape index (κ1) is 12.8. The lowest BCUT2D eigenvalue weighted by Crippen LogP contribution is -2.28. The molecule has 0 N–H and O–H groups in total. The number of halogens is 1. The third-order valence-corrected chi connectivity index (χ3v) is 3.69. The van der Waals surface area contributed by atoms with Crippen LogP contribution in [0.4, 0.5) is 5.95 Å². The van der Waals surface area contributed by atoms with Crippen LogP contribution in [-0.2, 0) is 0 Å². The predicted octanol–water partition coefficient (Wildman–Crippen LogP) is 2.02. The lowest BCUT2D eigenvalue weighted by Gasteiger charge is -2.20. The van der Waals surface area contributed by atoms with E-state index in [-0.39, 0.29) is 0 Å². The van der Waals surface area contributed by atoms with Gasteiger partial charge in [0, 0.05) is 32.0 Å². The summed E-state index contributed by atoms with van der Waals surface area (Å²) in [4.78, 5) is 13.3. The molecule has 0 spiro atoms. The Kier molecular flexibility index (Phi) is 4.34. The first-order valence-corrected chi connectivity index (χ1v) is 6.89. The van der Waals surface area contributed by atoms with E-state index in [0.717, 1.165) is 36.0 Å². The van der Waals surface area contributed by atoms with Crippen LogP contribution in [-0.4, -0.2) is 48.1 Å². The average Bonchev–Trinajstić information content (AvgIpc) is 2.78. The summed E-state index contributed by atoms with van der Waals surface area (Å²) in [6.45, 7) is 6.63.